The lowest BCUT2D eigenvalue weighted by Gasteiger charge is -2.26. The fourth-order valence-corrected chi connectivity index (χ4v) is 2.79. The number of rotatable bonds is 2. The first-order valence-corrected chi connectivity index (χ1v) is 6.44. The molecule has 2 amide bonds. The summed E-state index contributed by atoms with van der Waals surface area (Å²) in [6.45, 7) is 3.21. The standard InChI is InChI=1S/C14H16N2O3/c1-8(9-4-5-19-7-9)16-13(17)11-3-2-10(15)6-12(11)14(16)18/h2-3,6,8-9H,4-5,7,15H2,1H3. The molecule has 19 heavy (non-hydrogen) atoms. The number of benzene rings is 1. The number of anilines is 1. The number of carbonyl (C=O) groups excluding carboxylic acids is 2. The summed E-state index contributed by atoms with van der Waals surface area (Å²) in [5.74, 6) is -0.245. The second-order valence-corrected chi connectivity index (χ2v) is 5.15. The first-order valence-electron chi connectivity index (χ1n) is 6.44. The molecule has 2 aliphatic rings. The lowest BCUT2D eigenvalue weighted by molar-refractivity contribution is 0.0534. The number of imide groups is 1. The third-order valence-electron chi connectivity index (χ3n) is 4.00. The predicted octanol–water partition coefficient (Wildman–Crippen LogP) is 1.29. The number of ether oxygens (including phenoxy) is 1. The van der Waals surface area contributed by atoms with Gasteiger partial charge in [-0.2, -0.15) is 0 Å². The van der Waals surface area contributed by atoms with Crippen LogP contribution in [0.1, 0.15) is 34.1 Å². The molecular formula is C14H16N2O3. The van der Waals surface area contributed by atoms with Gasteiger partial charge in [-0.25, -0.2) is 0 Å². The molecule has 100 valence electrons. The van der Waals surface area contributed by atoms with E-state index in [1.54, 1.807) is 18.2 Å². The van der Waals surface area contributed by atoms with Crippen molar-refractivity contribution in [2.24, 2.45) is 5.92 Å². The first-order chi connectivity index (χ1) is 9.09. The number of hydrogen-bond acceptors (Lipinski definition) is 4. The maximum Gasteiger partial charge on any atom is 0.261 e. The van der Waals surface area contributed by atoms with E-state index < -0.39 is 0 Å². The fourth-order valence-electron chi connectivity index (χ4n) is 2.79. The fraction of sp³-hybridized carbons (Fsp3) is 0.429. The van der Waals surface area contributed by atoms with Gasteiger partial charge in [-0.15, -0.1) is 0 Å². The van der Waals surface area contributed by atoms with E-state index >= 15 is 0 Å². The molecular weight excluding hydrogens is 244 g/mol. The van der Waals surface area contributed by atoms with Crippen LogP contribution >= 0.6 is 0 Å². The lowest BCUT2D eigenvalue weighted by atomic mass is 9.99. The summed E-state index contributed by atoms with van der Waals surface area (Å²) in [6.07, 6.45) is 0.886. The van der Waals surface area contributed by atoms with Gasteiger partial charge in [0.05, 0.1) is 17.7 Å². The van der Waals surface area contributed by atoms with E-state index in [0.717, 1.165) is 6.42 Å². The summed E-state index contributed by atoms with van der Waals surface area (Å²) in [4.78, 5) is 26.1. The van der Waals surface area contributed by atoms with Crippen LogP contribution in [0.2, 0.25) is 0 Å². The van der Waals surface area contributed by atoms with Crippen molar-refractivity contribution < 1.29 is 14.3 Å². The number of nitrogens with zero attached hydrogens (tertiary/aromatic N) is 1. The molecule has 5 heteroatoms. The van der Waals surface area contributed by atoms with Crippen LogP contribution in [0, 0.1) is 5.92 Å². The molecule has 0 aliphatic carbocycles. The topological polar surface area (TPSA) is 72.6 Å². The summed E-state index contributed by atoms with van der Waals surface area (Å²) >= 11 is 0. The zero-order chi connectivity index (χ0) is 13.6. The number of hydrogen-bond donors (Lipinski definition) is 1. The van der Waals surface area contributed by atoms with Crippen molar-refractivity contribution in [3.8, 4) is 0 Å². The molecule has 0 radical (unpaired) electrons. The Morgan fingerprint density at radius 1 is 1.32 bits per heavy atom. The minimum absolute atomic E-state index is 0.142. The van der Waals surface area contributed by atoms with Crippen LogP contribution in [0.5, 0.6) is 0 Å². The second-order valence-electron chi connectivity index (χ2n) is 5.15. The Kier molecular flexibility index (Phi) is 2.78. The Morgan fingerprint density at radius 3 is 2.74 bits per heavy atom. The normalized spacial score (nSPS) is 23.8. The molecule has 1 aromatic carbocycles. The number of nitrogen functional groups attached to an aromatic ring is 1. The van der Waals surface area contributed by atoms with E-state index in [1.807, 2.05) is 6.92 Å². The highest BCUT2D eigenvalue weighted by Gasteiger charge is 2.41. The highest BCUT2D eigenvalue weighted by Crippen LogP contribution is 2.30. The number of amides is 2. The largest absolute Gasteiger partial charge is 0.399 e. The molecule has 2 atom stereocenters. The molecule has 2 N–H and O–H groups in total. The van der Waals surface area contributed by atoms with Crippen molar-refractivity contribution >= 4 is 17.5 Å². The van der Waals surface area contributed by atoms with Gasteiger partial charge in [-0.1, -0.05) is 0 Å². The molecule has 5 nitrogen and oxygen atoms in total. The van der Waals surface area contributed by atoms with E-state index in [1.165, 1.54) is 4.90 Å². The second kappa shape index (κ2) is 4.35. The van der Waals surface area contributed by atoms with E-state index in [4.69, 9.17) is 10.5 Å². The van der Waals surface area contributed by atoms with Crippen LogP contribution in [0.3, 0.4) is 0 Å². The third kappa shape index (κ3) is 1.81. The van der Waals surface area contributed by atoms with Gasteiger partial charge < -0.3 is 10.5 Å². The number of carbonyl (C=O) groups is 2. The zero-order valence-electron chi connectivity index (χ0n) is 10.8. The number of nitrogens with two attached hydrogens (primary N) is 1. The van der Waals surface area contributed by atoms with E-state index in [9.17, 15) is 9.59 Å². The summed E-state index contributed by atoms with van der Waals surface area (Å²) < 4.78 is 5.34. The van der Waals surface area contributed by atoms with Crippen LogP contribution < -0.4 is 5.73 Å². The molecule has 1 saturated heterocycles. The van der Waals surface area contributed by atoms with Crippen molar-refractivity contribution in [2.45, 2.75) is 19.4 Å². The van der Waals surface area contributed by atoms with E-state index in [2.05, 4.69) is 0 Å². The molecule has 1 fully saturated rings. The number of fused-ring (bicyclic) bond motifs is 1. The minimum atomic E-state index is -0.244. The van der Waals surface area contributed by atoms with E-state index in [-0.39, 0.29) is 23.8 Å². The molecule has 3 rings (SSSR count). The third-order valence-corrected chi connectivity index (χ3v) is 4.00. The highest BCUT2D eigenvalue weighted by molar-refractivity contribution is 6.21. The van der Waals surface area contributed by atoms with Crippen LogP contribution in [-0.4, -0.2) is 36.0 Å². The molecule has 0 saturated carbocycles. The van der Waals surface area contributed by atoms with Crippen molar-refractivity contribution in [2.75, 3.05) is 18.9 Å². The van der Waals surface area contributed by atoms with Gasteiger partial charge in [0.15, 0.2) is 0 Å². The Labute approximate surface area is 111 Å². The van der Waals surface area contributed by atoms with Crippen molar-refractivity contribution in [3.05, 3.63) is 29.3 Å². The molecule has 1 aromatic rings. The van der Waals surface area contributed by atoms with Gasteiger partial charge in [-0.05, 0) is 31.5 Å². The molecule has 0 aromatic heterocycles. The van der Waals surface area contributed by atoms with Gasteiger partial charge in [0.1, 0.15) is 0 Å². The Balaban J connectivity index is 1.93. The summed E-state index contributed by atoms with van der Waals surface area (Å²) in [7, 11) is 0. The Hall–Kier alpha value is -1.88. The molecule has 2 aliphatic heterocycles. The van der Waals surface area contributed by atoms with Crippen molar-refractivity contribution in [1.82, 2.24) is 4.90 Å². The minimum Gasteiger partial charge on any atom is -0.399 e. The van der Waals surface area contributed by atoms with Crippen LogP contribution in [0.4, 0.5) is 5.69 Å². The van der Waals surface area contributed by atoms with Crippen LogP contribution in [0.15, 0.2) is 18.2 Å². The Morgan fingerprint density at radius 2 is 2.05 bits per heavy atom. The van der Waals surface area contributed by atoms with Gasteiger partial charge in [0.2, 0.25) is 0 Å². The van der Waals surface area contributed by atoms with Gasteiger partial charge in [0.25, 0.3) is 11.8 Å². The molecule has 2 unspecified atom stereocenters. The highest BCUT2D eigenvalue weighted by atomic mass is 16.5. The zero-order valence-corrected chi connectivity index (χ0v) is 10.8. The van der Waals surface area contributed by atoms with Crippen LogP contribution in [-0.2, 0) is 4.74 Å². The summed E-state index contributed by atoms with van der Waals surface area (Å²) in [5, 5.41) is 0. The average Bonchev–Trinajstić information content (AvgIpc) is 2.98. The van der Waals surface area contributed by atoms with Gasteiger partial charge in [0, 0.05) is 24.3 Å². The van der Waals surface area contributed by atoms with Crippen molar-refractivity contribution in [3.63, 3.8) is 0 Å². The quantitative estimate of drug-likeness (QED) is 0.642. The first kappa shape index (κ1) is 12.2. The summed E-state index contributed by atoms with van der Waals surface area (Å²) in [5.41, 5.74) is 7.04. The SMILES string of the molecule is CC(C1CCOC1)N1C(=O)c2ccc(N)cc2C1=O. The smallest absolute Gasteiger partial charge is 0.261 e. The molecule has 2 heterocycles. The Bertz CT molecular complexity index is 550. The lowest BCUT2D eigenvalue weighted by Crippen LogP contribution is -2.42. The maximum atomic E-state index is 12.4. The average molecular weight is 260 g/mol. The monoisotopic (exact) mass is 260 g/mol. The molecule has 0 spiro atoms. The molecule has 0 bridgehead atoms. The van der Waals surface area contributed by atoms with Crippen LogP contribution in [0.25, 0.3) is 0 Å². The van der Waals surface area contributed by atoms with Crippen molar-refractivity contribution in [1.29, 1.82) is 0 Å². The summed E-state index contributed by atoms with van der Waals surface area (Å²) in [6, 6.07) is 4.71. The van der Waals surface area contributed by atoms with E-state index in [0.29, 0.717) is 30.0 Å². The van der Waals surface area contributed by atoms with Gasteiger partial charge >= 0.3 is 0 Å². The predicted molar refractivity (Wildman–Crippen MR) is 69.7 cm³/mol. The maximum absolute atomic E-state index is 12.4. The van der Waals surface area contributed by atoms with Gasteiger partial charge in [-0.3, -0.25) is 14.5 Å².